The van der Waals surface area contributed by atoms with E-state index >= 15 is 0 Å². The maximum absolute atomic E-state index is 13.4. The molecule has 1 heterocycles. The first-order valence-electron chi connectivity index (χ1n) is 5.86. The van der Waals surface area contributed by atoms with Crippen molar-refractivity contribution >= 4 is 39.3 Å². The Morgan fingerprint density at radius 1 is 1.24 bits per heavy atom. The topological polar surface area (TPSA) is 9.23 Å². The summed E-state index contributed by atoms with van der Waals surface area (Å²) in [5, 5.41) is -2.62. The van der Waals surface area contributed by atoms with Crippen LogP contribution >= 0.6 is 39.3 Å². The lowest BCUT2D eigenvalue weighted by molar-refractivity contribution is 0.111. The first kappa shape index (κ1) is 15.1. The normalized spacial score (nSPS) is 15.9. The van der Waals surface area contributed by atoms with Crippen LogP contribution in [0.3, 0.4) is 0 Å². The number of benzene rings is 2. The highest BCUT2D eigenvalue weighted by Crippen LogP contribution is 2.51. The average Bonchev–Trinajstić information content (AvgIpc) is 2.67. The number of halogens is 5. The number of rotatable bonds is 2. The minimum absolute atomic E-state index is 0.198. The molecule has 7 heteroatoms. The molecule has 2 aromatic carbocycles. The van der Waals surface area contributed by atoms with Gasteiger partial charge in [-0.1, -0.05) is 23.4 Å². The van der Waals surface area contributed by atoms with E-state index < -0.39 is 11.1 Å². The maximum atomic E-state index is 13.4. The number of alkyl halides is 2. The predicted molar refractivity (Wildman–Crippen MR) is 80.1 cm³/mol. The number of ether oxygens (including phenoxy) is 1. The summed E-state index contributed by atoms with van der Waals surface area (Å²) in [7, 11) is 0. The van der Waals surface area contributed by atoms with Crippen molar-refractivity contribution in [3.8, 4) is 11.5 Å². The SMILES string of the molecule is Fc1cc(Cl)cc(Oc2ccc3c(c2Br)CC(F)(F)S3)c1. The van der Waals surface area contributed by atoms with Crippen molar-refractivity contribution in [2.45, 2.75) is 16.6 Å². The fourth-order valence-corrected chi connectivity index (χ4v) is 3.92. The van der Waals surface area contributed by atoms with Crippen LogP contribution in [0.5, 0.6) is 11.5 Å². The molecule has 0 aliphatic carbocycles. The highest BCUT2D eigenvalue weighted by molar-refractivity contribution is 9.10. The summed E-state index contributed by atoms with van der Waals surface area (Å²) in [5.41, 5.74) is 0.491. The van der Waals surface area contributed by atoms with Crippen LogP contribution in [-0.2, 0) is 6.42 Å². The standard InChI is InChI=1S/C14H7BrClF3OS/c15-13-10-6-14(18,19)21-12(10)2-1-11(13)20-9-4-7(16)3-8(17)5-9/h1-5H,6H2. The molecule has 0 saturated carbocycles. The Kier molecular flexibility index (Phi) is 3.88. The van der Waals surface area contributed by atoms with E-state index in [2.05, 4.69) is 15.9 Å². The molecule has 3 rings (SSSR count). The third-order valence-corrected chi connectivity index (χ3v) is 5.00. The Labute approximate surface area is 136 Å². The molecule has 0 N–H and O–H groups in total. The zero-order valence-electron chi connectivity index (χ0n) is 10.3. The lowest BCUT2D eigenvalue weighted by Gasteiger charge is -2.11. The van der Waals surface area contributed by atoms with Crippen LogP contribution in [0, 0.1) is 5.82 Å². The van der Waals surface area contributed by atoms with Gasteiger partial charge in [-0.2, -0.15) is 8.78 Å². The Morgan fingerprint density at radius 3 is 2.71 bits per heavy atom. The highest BCUT2D eigenvalue weighted by Gasteiger charge is 2.40. The van der Waals surface area contributed by atoms with Crippen molar-refractivity contribution in [3.63, 3.8) is 0 Å². The Hall–Kier alpha value is -0.850. The molecular formula is C14H7BrClF3OS. The van der Waals surface area contributed by atoms with E-state index in [-0.39, 0.29) is 17.2 Å². The summed E-state index contributed by atoms with van der Waals surface area (Å²) in [6, 6.07) is 6.92. The third kappa shape index (κ3) is 3.17. The largest absolute Gasteiger partial charge is 0.456 e. The number of hydrogen-bond donors (Lipinski definition) is 0. The Balaban J connectivity index is 1.95. The molecule has 0 atom stereocenters. The summed E-state index contributed by atoms with van der Waals surface area (Å²) in [5.74, 6) is 0.0173. The van der Waals surface area contributed by atoms with Gasteiger partial charge in [-0.15, -0.1) is 0 Å². The second-order valence-electron chi connectivity index (χ2n) is 4.48. The summed E-state index contributed by atoms with van der Waals surface area (Å²) < 4.78 is 46.1. The van der Waals surface area contributed by atoms with Gasteiger partial charge in [0.1, 0.15) is 17.3 Å². The second-order valence-corrected chi connectivity index (χ2v) is 6.95. The van der Waals surface area contributed by atoms with Gasteiger partial charge in [0, 0.05) is 22.4 Å². The van der Waals surface area contributed by atoms with Gasteiger partial charge in [0.05, 0.1) is 4.47 Å². The lowest BCUT2D eigenvalue weighted by Crippen LogP contribution is -2.07. The molecule has 0 aromatic heterocycles. The van der Waals surface area contributed by atoms with Crippen molar-refractivity contribution in [2.24, 2.45) is 0 Å². The molecule has 0 amide bonds. The van der Waals surface area contributed by atoms with Crippen LogP contribution in [0.25, 0.3) is 0 Å². The van der Waals surface area contributed by atoms with Crippen LogP contribution in [-0.4, -0.2) is 5.25 Å². The molecule has 110 valence electrons. The lowest BCUT2D eigenvalue weighted by atomic mass is 10.1. The quantitative estimate of drug-likeness (QED) is 0.592. The molecule has 0 fully saturated rings. The summed E-state index contributed by atoms with van der Waals surface area (Å²) in [6.45, 7) is 0. The first-order valence-corrected chi connectivity index (χ1v) is 7.85. The van der Waals surface area contributed by atoms with Gasteiger partial charge in [0.25, 0.3) is 0 Å². The van der Waals surface area contributed by atoms with Gasteiger partial charge in [-0.05, 0) is 45.8 Å². The van der Waals surface area contributed by atoms with Crippen LogP contribution < -0.4 is 4.74 Å². The van der Waals surface area contributed by atoms with Gasteiger partial charge in [-0.25, -0.2) is 4.39 Å². The van der Waals surface area contributed by atoms with Crippen molar-refractivity contribution < 1.29 is 17.9 Å². The van der Waals surface area contributed by atoms with E-state index in [0.29, 0.717) is 32.4 Å². The Bertz CT molecular complexity index is 703. The second kappa shape index (κ2) is 5.41. The first-order chi connectivity index (χ1) is 9.84. The molecule has 0 spiro atoms. The maximum Gasteiger partial charge on any atom is 0.302 e. The van der Waals surface area contributed by atoms with Gasteiger partial charge < -0.3 is 4.74 Å². The molecule has 1 aliphatic rings. The zero-order valence-corrected chi connectivity index (χ0v) is 13.5. The number of fused-ring (bicyclic) bond motifs is 1. The molecule has 0 saturated heterocycles. The Morgan fingerprint density at radius 2 is 2.00 bits per heavy atom. The minimum Gasteiger partial charge on any atom is -0.456 e. The van der Waals surface area contributed by atoms with E-state index in [9.17, 15) is 13.2 Å². The highest BCUT2D eigenvalue weighted by atomic mass is 79.9. The van der Waals surface area contributed by atoms with Crippen molar-refractivity contribution in [2.75, 3.05) is 0 Å². The minimum atomic E-state index is -2.81. The van der Waals surface area contributed by atoms with E-state index in [1.54, 1.807) is 12.1 Å². The van der Waals surface area contributed by atoms with E-state index in [1.165, 1.54) is 12.1 Å². The van der Waals surface area contributed by atoms with Crippen molar-refractivity contribution in [3.05, 3.63) is 51.2 Å². The number of hydrogen-bond acceptors (Lipinski definition) is 2. The molecule has 2 aromatic rings. The molecule has 21 heavy (non-hydrogen) atoms. The van der Waals surface area contributed by atoms with Crippen molar-refractivity contribution in [1.82, 2.24) is 0 Å². The van der Waals surface area contributed by atoms with Crippen LogP contribution in [0.15, 0.2) is 39.7 Å². The van der Waals surface area contributed by atoms with Crippen molar-refractivity contribution in [1.29, 1.82) is 0 Å². The summed E-state index contributed by atoms with van der Waals surface area (Å²) >= 11 is 9.56. The van der Waals surface area contributed by atoms with Crippen LogP contribution in [0.1, 0.15) is 5.56 Å². The smallest absolute Gasteiger partial charge is 0.302 e. The summed E-state index contributed by atoms with van der Waals surface area (Å²) in [4.78, 5) is 0.511. The van der Waals surface area contributed by atoms with E-state index in [1.807, 2.05) is 0 Å². The monoisotopic (exact) mass is 394 g/mol. The third-order valence-electron chi connectivity index (χ3n) is 2.87. The molecule has 0 bridgehead atoms. The van der Waals surface area contributed by atoms with Gasteiger partial charge >= 0.3 is 5.25 Å². The van der Waals surface area contributed by atoms with Crippen LogP contribution in [0.4, 0.5) is 13.2 Å². The van der Waals surface area contributed by atoms with E-state index in [0.717, 1.165) is 6.07 Å². The van der Waals surface area contributed by atoms with Crippen LogP contribution in [0.2, 0.25) is 5.02 Å². The zero-order chi connectivity index (χ0) is 15.2. The summed E-state index contributed by atoms with van der Waals surface area (Å²) in [6.07, 6.45) is -0.366. The fraction of sp³-hybridized carbons (Fsp3) is 0.143. The average molecular weight is 396 g/mol. The molecule has 0 unspecified atom stereocenters. The molecule has 0 radical (unpaired) electrons. The van der Waals surface area contributed by atoms with Gasteiger partial charge in [0.15, 0.2) is 0 Å². The molecule has 1 aliphatic heterocycles. The van der Waals surface area contributed by atoms with E-state index in [4.69, 9.17) is 16.3 Å². The molecular weight excluding hydrogens is 389 g/mol. The van der Waals surface area contributed by atoms with Gasteiger partial charge in [0.2, 0.25) is 0 Å². The van der Waals surface area contributed by atoms with Gasteiger partial charge in [-0.3, -0.25) is 0 Å². The fourth-order valence-electron chi connectivity index (χ4n) is 2.04. The molecule has 1 nitrogen and oxygen atoms in total. The number of thioether (sulfide) groups is 1. The predicted octanol–water partition coefficient (Wildman–Crippen LogP) is 6.27.